The van der Waals surface area contributed by atoms with Crippen LogP contribution >= 0.6 is 8.60 Å². The van der Waals surface area contributed by atoms with Gasteiger partial charge < -0.3 is 9.26 Å². The highest BCUT2D eigenvalue weighted by atomic mass is 31.2. The Kier molecular flexibility index (Phi) is 7.01. The molecule has 1 fully saturated rings. The summed E-state index contributed by atoms with van der Waals surface area (Å²) in [5.41, 5.74) is 0.894. The van der Waals surface area contributed by atoms with E-state index in [9.17, 15) is 9.59 Å². The van der Waals surface area contributed by atoms with Crippen LogP contribution in [0.2, 0.25) is 0 Å². The first-order valence-corrected chi connectivity index (χ1v) is 12.9. The molecule has 0 bridgehead atoms. The van der Waals surface area contributed by atoms with E-state index in [1.807, 2.05) is 26.8 Å². The highest BCUT2D eigenvalue weighted by molar-refractivity contribution is 7.42. The van der Waals surface area contributed by atoms with E-state index in [-0.39, 0.29) is 36.0 Å². The van der Waals surface area contributed by atoms with Gasteiger partial charge in [0.25, 0.3) is 5.56 Å². The summed E-state index contributed by atoms with van der Waals surface area (Å²) >= 11 is 0. The third-order valence-corrected chi connectivity index (χ3v) is 7.34. The van der Waals surface area contributed by atoms with Crippen LogP contribution in [0.5, 0.6) is 5.75 Å². The van der Waals surface area contributed by atoms with E-state index < -0.39 is 26.1 Å². The molecule has 1 aromatic heterocycles. The SMILES string of the molecule is Cc1cn(C2CCC(COP3OCc4c(F)c(C(C)(C)C)cc(C(C)(C)C)c4O3)O2)c(=O)[nH]c1=O. The van der Waals surface area contributed by atoms with Gasteiger partial charge in [0, 0.05) is 17.3 Å². The van der Waals surface area contributed by atoms with Gasteiger partial charge >= 0.3 is 14.3 Å². The fraction of sp³-hybridized carbons (Fsp3) is 0.600. The number of halogens is 1. The largest absolute Gasteiger partial charge is 0.426 e. The van der Waals surface area contributed by atoms with Crippen LogP contribution in [0.1, 0.15) is 82.9 Å². The number of ether oxygens (including phenoxy) is 1. The number of fused-ring (bicyclic) bond motifs is 1. The molecule has 2 aliphatic heterocycles. The number of hydrogen-bond donors (Lipinski definition) is 1. The maximum absolute atomic E-state index is 15.4. The molecule has 8 nitrogen and oxygen atoms in total. The molecule has 35 heavy (non-hydrogen) atoms. The zero-order valence-corrected chi connectivity index (χ0v) is 22.3. The quantitative estimate of drug-likeness (QED) is 0.577. The number of aromatic nitrogens is 2. The smallest absolute Gasteiger partial charge is 0.397 e. The topological polar surface area (TPSA) is 91.8 Å². The van der Waals surface area contributed by atoms with Crippen LogP contribution in [-0.2, 0) is 31.2 Å². The second kappa shape index (κ2) is 9.43. The average Bonchev–Trinajstić information content (AvgIpc) is 3.22. The second-order valence-corrected chi connectivity index (χ2v) is 12.4. The number of nitrogens with one attached hydrogen (secondary N) is 1. The van der Waals surface area contributed by atoms with Crippen LogP contribution in [0.3, 0.4) is 0 Å². The number of nitrogens with zero attached hydrogens (tertiary/aromatic N) is 1. The van der Waals surface area contributed by atoms with Crippen molar-refractivity contribution in [2.45, 2.75) is 91.1 Å². The first-order valence-electron chi connectivity index (χ1n) is 11.8. The summed E-state index contributed by atoms with van der Waals surface area (Å²) in [6.45, 7) is 14.1. The minimum Gasteiger partial charge on any atom is -0.426 e. The van der Waals surface area contributed by atoms with Crippen molar-refractivity contribution in [1.82, 2.24) is 9.55 Å². The number of rotatable bonds is 4. The molecule has 1 saturated heterocycles. The van der Waals surface area contributed by atoms with Crippen LogP contribution in [0.15, 0.2) is 21.9 Å². The molecule has 1 N–H and O–H groups in total. The molecule has 3 atom stereocenters. The van der Waals surface area contributed by atoms with Crippen molar-refractivity contribution < 1.29 is 22.7 Å². The van der Waals surface area contributed by atoms with Crippen molar-refractivity contribution in [3.63, 3.8) is 0 Å². The van der Waals surface area contributed by atoms with Crippen molar-refractivity contribution in [3.8, 4) is 5.75 Å². The Morgan fingerprint density at radius 1 is 1.14 bits per heavy atom. The Labute approximate surface area is 205 Å². The van der Waals surface area contributed by atoms with Gasteiger partial charge in [-0.15, -0.1) is 0 Å². The standard InChI is InChI=1S/C25H34FN2O6P/c1-14-11-28(23(30)27-22(14)29)19-9-8-15(33-19)12-31-35-32-13-16-20(26)17(24(2,3)4)10-18(21(16)34-35)25(5,6)7/h10-11,15,19H,8-9,12-13H2,1-7H3,(H,27,29,30). The summed E-state index contributed by atoms with van der Waals surface area (Å²) in [4.78, 5) is 26.1. The fourth-order valence-electron chi connectivity index (χ4n) is 4.27. The molecule has 10 heteroatoms. The average molecular weight is 509 g/mol. The normalized spacial score (nSPS) is 22.7. The molecule has 0 aliphatic carbocycles. The zero-order valence-electron chi connectivity index (χ0n) is 21.4. The molecule has 4 rings (SSSR count). The van der Waals surface area contributed by atoms with E-state index in [1.54, 1.807) is 6.92 Å². The summed E-state index contributed by atoms with van der Waals surface area (Å²) in [5, 5.41) is 0. The van der Waals surface area contributed by atoms with Gasteiger partial charge in [-0.1, -0.05) is 41.5 Å². The number of H-pyrrole nitrogens is 1. The summed E-state index contributed by atoms with van der Waals surface area (Å²) in [6, 6.07) is 1.90. The lowest BCUT2D eigenvalue weighted by molar-refractivity contribution is -0.0230. The number of benzene rings is 1. The molecule has 3 unspecified atom stereocenters. The molecule has 0 amide bonds. The summed E-state index contributed by atoms with van der Waals surface area (Å²) in [6.07, 6.45) is 2.05. The number of aromatic amines is 1. The molecule has 2 aromatic rings. The fourth-order valence-corrected chi connectivity index (χ4v) is 5.33. The molecule has 0 saturated carbocycles. The summed E-state index contributed by atoms with van der Waals surface area (Å²) in [5.74, 6) is 0.208. The lowest BCUT2D eigenvalue weighted by atomic mass is 9.78. The van der Waals surface area contributed by atoms with Gasteiger partial charge in [-0.3, -0.25) is 23.4 Å². The minimum absolute atomic E-state index is 0.0695. The maximum atomic E-state index is 15.4. The van der Waals surface area contributed by atoms with Crippen LogP contribution in [-0.4, -0.2) is 22.3 Å². The Bertz CT molecular complexity index is 1230. The lowest BCUT2D eigenvalue weighted by Crippen LogP contribution is -2.33. The van der Waals surface area contributed by atoms with Crippen molar-refractivity contribution in [1.29, 1.82) is 0 Å². The van der Waals surface area contributed by atoms with Crippen molar-refractivity contribution in [2.24, 2.45) is 0 Å². The molecule has 192 valence electrons. The molecule has 0 radical (unpaired) electrons. The van der Waals surface area contributed by atoms with Gasteiger partial charge in [0.05, 0.1) is 24.9 Å². The highest BCUT2D eigenvalue weighted by Crippen LogP contribution is 2.52. The predicted molar refractivity (Wildman–Crippen MR) is 131 cm³/mol. The van der Waals surface area contributed by atoms with Gasteiger partial charge in [-0.2, -0.15) is 0 Å². The van der Waals surface area contributed by atoms with Crippen LogP contribution in [0.25, 0.3) is 0 Å². The Morgan fingerprint density at radius 3 is 2.49 bits per heavy atom. The van der Waals surface area contributed by atoms with E-state index in [4.69, 9.17) is 18.3 Å². The van der Waals surface area contributed by atoms with Gasteiger partial charge in [-0.05, 0) is 42.2 Å². The van der Waals surface area contributed by atoms with Crippen LogP contribution < -0.4 is 15.8 Å². The van der Waals surface area contributed by atoms with E-state index >= 15 is 4.39 Å². The van der Waals surface area contributed by atoms with E-state index in [0.29, 0.717) is 35.3 Å². The Hall–Kier alpha value is -2.06. The third kappa shape index (κ3) is 5.38. The molecule has 1 aromatic carbocycles. The lowest BCUT2D eigenvalue weighted by Gasteiger charge is -2.33. The van der Waals surface area contributed by atoms with Gasteiger partial charge in [-0.25, -0.2) is 9.18 Å². The highest BCUT2D eigenvalue weighted by Gasteiger charge is 2.36. The summed E-state index contributed by atoms with van der Waals surface area (Å²) in [7, 11) is -1.73. The molecule has 2 aliphatic rings. The minimum atomic E-state index is -1.73. The number of aryl methyl sites for hydroxylation is 1. The van der Waals surface area contributed by atoms with Gasteiger partial charge in [0.1, 0.15) is 17.8 Å². The van der Waals surface area contributed by atoms with Crippen molar-refractivity contribution in [2.75, 3.05) is 6.61 Å². The molecule has 3 heterocycles. The Balaban J connectivity index is 1.46. The molecule has 0 spiro atoms. The molecular weight excluding hydrogens is 474 g/mol. The van der Waals surface area contributed by atoms with Crippen LogP contribution in [0, 0.1) is 12.7 Å². The monoisotopic (exact) mass is 508 g/mol. The van der Waals surface area contributed by atoms with E-state index in [2.05, 4.69) is 25.8 Å². The predicted octanol–water partition coefficient (Wildman–Crippen LogP) is 5.11. The second-order valence-electron chi connectivity index (χ2n) is 11.2. The first kappa shape index (κ1) is 26.0. The van der Waals surface area contributed by atoms with Crippen molar-refractivity contribution >= 4 is 8.60 Å². The maximum Gasteiger partial charge on any atom is 0.397 e. The zero-order chi connectivity index (χ0) is 25.7. The first-order chi connectivity index (χ1) is 16.3. The van der Waals surface area contributed by atoms with Gasteiger partial charge in [0.15, 0.2) is 0 Å². The molecular formula is C25H34FN2O6P. The van der Waals surface area contributed by atoms with E-state index in [0.717, 1.165) is 5.56 Å². The van der Waals surface area contributed by atoms with Crippen LogP contribution in [0.4, 0.5) is 4.39 Å². The van der Waals surface area contributed by atoms with Gasteiger partial charge in [0.2, 0.25) is 0 Å². The number of hydrogen-bond acceptors (Lipinski definition) is 6. The third-order valence-electron chi connectivity index (χ3n) is 6.31. The summed E-state index contributed by atoms with van der Waals surface area (Å²) < 4.78 is 40.6. The Morgan fingerprint density at radius 2 is 1.83 bits per heavy atom. The van der Waals surface area contributed by atoms with Crippen molar-refractivity contribution in [3.05, 3.63) is 61.2 Å². The van der Waals surface area contributed by atoms with E-state index in [1.165, 1.54) is 10.8 Å².